The average molecular weight is 199 g/mol. The second-order valence-corrected chi connectivity index (χ2v) is 3.73. The number of hydrogen-bond donors (Lipinski definition) is 2. The van der Waals surface area contributed by atoms with Crippen molar-refractivity contribution in [1.82, 2.24) is 0 Å². The van der Waals surface area contributed by atoms with Crippen LogP contribution < -0.4 is 0 Å². The molecule has 9 heavy (non-hydrogen) atoms. The van der Waals surface area contributed by atoms with Crippen LogP contribution in [0.15, 0.2) is 0 Å². The summed E-state index contributed by atoms with van der Waals surface area (Å²) in [7, 11) is 0. The van der Waals surface area contributed by atoms with Crippen molar-refractivity contribution in [2.75, 3.05) is 0 Å². The molecular weight excluding hydrogens is 191 g/mol. The molecule has 0 spiro atoms. The molecule has 0 aromatic carbocycles. The third-order valence-corrected chi connectivity index (χ3v) is 2.05. The average Bonchev–Trinajstić information content (AvgIpc) is 1.63. The normalized spacial score (nSPS) is 13.0. The van der Waals surface area contributed by atoms with Gasteiger partial charge >= 0.3 is 56.2 Å². The molecule has 0 heterocycles. The first-order valence-electron chi connectivity index (χ1n) is 2.42. The number of carboxylic acids is 1. The number of aliphatic carboxylic acids is 1. The molecule has 0 saturated heterocycles. The maximum absolute atomic E-state index is 10.00. The third-order valence-electron chi connectivity index (χ3n) is 0.710. The molecule has 54 valence electrons. The zero-order valence-electron chi connectivity index (χ0n) is 4.74. The predicted octanol–water partition coefficient (Wildman–Crippen LogP) is -0.238. The maximum atomic E-state index is 10.00. The van der Waals surface area contributed by atoms with Crippen LogP contribution in [0.3, 0.4) is 0 Å². The minimum absolute atomic E-state index is 0.0111. The van der Waals surface area contributed by atoms with Gasteiger partial charge in [0, 0.05) is 0 Å². The Morgan fingerprint density at radius 1 is 1.56 bits per heavy atom. The van der Waals surface area contributed by atoms with Gasteiger partial charge in [0.1, 0.15) is 0 Å². The second-order valence-electron chi connectivity index (χ2n) is 1.52. The zero-order chi connectivity index (χ0) is 7.28. The molecule has 1 unspecified atom stereocenters. The van der Waals surface area contributed by atoms with Crippen molar-refractivity contribution in [3.8, 4) is 0 Å². The molecule has 4 nitrogen and oxygen atoms in total. The first-order valence-corrected chi connectivity index (χ1v) is 5.10. The standard InChI is InChI=1S/C4H8O4Se/c5-4(6)2-1-3-9(7)8/h1-3H2,(H,5,6)(H,7,8). The fraction of sp³-hybridized carbons (Fsp3) is 0.750. The first kappa shape index (κ1) is 8.75. The van der Waals surface area contributed by atoms with E-state index in [0.717, 1.165) is 0 Å². The molecule has 5 heteroatoms. The van der Waals surface area contributed by atoms with Crippen LogP contribution in [-0.4, -0.2) is 29.4 Å². The molecule has 0 bridgehead atoms. The molecule has 0 aromatic heterocycles. The SMILES string of the molecule is O=C(O)CCC[Se](=O)O. The van der Waals surface area contributed by atoms with Crippen LogP contribution >= 0.6 is 0 Å². The zero-order valence-corrected chi connectivity index (χ0v) is 6.45. The third kappa shape index (κ3) is 7.75. The molecular formula is C4H8O4Se. The van der Waals surface area contributed by atoms with E-state index < -0.39 is 20.1 Å². The van der Waals surface area contributed by atoms with Gasteiger partial charge in [-0.05, 0) is 0 Å². The Morgan fingerprint density at radius 2 is 2.11 bits per heavy atom. The Morgan fingerprint density at radius 3 is 2.44 bits per heavy atom. The Labute approximate surface area is 56.9 Å². The quantitative estimate of drug-likeness (QED) is 0.613. The van der Waals surface area contributed by atoms with Gasteiger partial charge in [0.05, 0.1) is 0 Å². The van der Waals surface area contributed by atoms with E-state index in [1.807, 2.05) is 0 Å². The summed E-state index contributed by atoms with van der Waals surface area (Å²) in [5, 5.41) is 8.20. The van der Waals surface area contributed by atoms with Crippen LogP contribution in [0.25, 0.3) is 0 Å². The summed E-state index contributed by atoms with van der Waals surface area (Å²) in [6.07, 6.45) is 0.294. The first-order chi connectivity index (χ1) is 4.13. The molecule has 1 atom stereocenters. The van der Waals surface area contributed by atoms with Crippen molar-refractivity contribution in [1.29, 1.82) is 0 Å². The summed E-state index contributed by atoms with van der Waals surface area (Å²) < 4.78 is 18.2. The van der Waals surface area contributed by atoms with Gasteiger partial charge in [-0.25, -0.2) is 0 Å². The molecule has 0 aliphatic rings. The molecule has 0 saturated carbocycles. The van der Waals surface area contributed by atoms with Crippen LogP contribution in [0.2, 0.25) is 5.32 Å². The summed E-state index contributed by atoms with van der Waals surface area (Å²) in [4.78, 5) is 9.81. The summed E-state index contributed by atoms with van der Waals surface area (Å²) in [6, 6.07) is 0. The minimum atomic E-state index is -2.63. The van der Waals surface area contributed by atoms with Gasteiger partial charge in [0.2, 0.25) is 0 Å². The van der Waals surface area contributed by atoms with Crippen molar-refractivity contribution >= 4 is 20.1 Å². The van der Waals surface area contributed by atoms with Crippen molar-refractivity contribution in [2.45, 2.75) is 18.2 Å². The molecule has 0 rings (SSSR count). The van der Waals surface area contributed by atoms with Crippen LogP contribution in [0.4, 0.5) is 0 Å². The predicted molar refractivity (Wildman–Crippen MR) is 30.3 cm³/mol. The van der Waals surface area contributed by atoms with Crippen molar-refractivity contribution in [3.05, 3.63) is 0 Å². The van der Waals surface area contributed by atoms with Gasteiger partial charge in [-0.1, -0.05) is 0 Å². The van der Waals surface area contributed by atoms with E-state index in [1.54, 1.807) is 0 Å². The fourth-order valence-electron chi connectivity index (χ4n) is 0.347. The van der Waals surface area contributed by atoms with E-state index in [0.29, 0.717) is 6.42 Å². The van der Waals surface area contributed by atoms with Crippen LogP contribution in [0, 0.1) is 0 Å². The summed E-state index contributed by atoms with van der Waals surface area (Å²) >= 11 is -2.63. The van der Waals surface area contributed by atoms with Gasteiger partial charge in [0.25, 0.3) is 0 Å². The van der Waals surface area contributed by atoms with Gasteiger partial charge in [-0.2, -0.15) is 0 Å². The summed E-state index contributed by atoms with van der Waals surface area (Å²) in [6.45, 7) is 0. The number of hydrogen-bond acceptors (Lipinski definition) is 2. The van der Waals surface area contributed by atoms with Crippen LogP contribution in [-0.2, 0) is 8.63 Å². The van der Waals surface area contributed by atoms with Crippen LogP contribution in [0.1, 0.15) is 12.8 Å². The van der Waals surface area contributed by atoms with Crippen LogP contribution in [0.5, 0.6) is 0 Å². The van der Waals surface area contributed by atoms with Gasteiger partial charge < -0.3 is 0 Å². The Kier molecular flexibility index (Phi) is 4.48. The Balaban J connectivity index is 3.10. The van der Waals surface area contributed by atoms with Gasteiger partial charge in [0.15, 0.2) is 0 Å². The molecule has 2 N–H and O–H groups in total. The second kappa shape index (κ2) is 4.61. The van der Waals surface area contributed by atoms with E-state index in [-0.39, 0.29) is 11.7 Å². The number of rotatable bonds is 4. The van der Waals surface area contributed by atoms with Crippen molar-refractivity contribution in [3.63, 3.8) is 0 Å². The topological polar surface area (TPSA) is 74.6 Å². The summed E-state index contributed by atoms with van der Waals surface area (Å²) in [5.74, 6) is -0.915. The van der Waals surface area contributed by atoms with E-state index in [9.17, 15) is 8.63 Å². The van der Waals surface area contributed by atoms with Crippen molar-refractivity contribution < 1.29 is 17.9 Å². The molecule has 0 radical (unpaired) electrons. The van der Waals surface area contributed by atoms with E-state index in [4.69, 9.17) is 9.30 Å². The summed E-state index contributed by atoms with van der Waals surface area (Å²) in [5.41, 5.74) is 0. The van der Waals surface area contributed by atoms with E-state index in [1.165, 1.54) is 0 Å². The number of carbonyl (C=O) groups is 1. The van der Waals surface area contributed by atoms with E-state index in [2.05, 4.69) is 0 Å². The fourth-order valence-corrected chi connectivity index (χ4v) is 1.17. The Bertz CT molecular complexity index is 108. The molecule has 0 aliphatic heterocycles. The number of carboxylic acid groups (broad SMARTS) is 1. The van der Waals surface area contributed by atoms with E-state index >= 15 is 0 Å². The molecule has 0 amide bonds. The molecule has 0 aliphatic carbocycles. The monoisotopic (exact) mass is 200 g/mol. The molecule has 0 fully saturated rings. The van der Waals surface area contributed by atoms with Gasteiger partial charge in [-0.3, -0.25) is 0 Å². The van der Waals surface area contributed by atoms with Crippen molar-refractivity contribution in [2.24, 2.45) is 0 Å². The Hall–Kier alpha value is -0.251. The molecule has 0 aromatic rings. The van der Waals surface area contributed by atoms with Gasteiger partial charge in [-0.15, -0.1) is 0 Å².